The molecule has 0 aliphatic carbocycles. The number of hydrogen-bond donors (Lipinski definition) is 2. The van der Waals surface area contributed by atoms with Crippen LogP contribution in [0.3, 0.4) is 0 Å². The SMILES string of the molecule is Cl.O=C(NCCC(F)(F)F)c1cccc2c1CCCN2. The Morgan fingerprint density at radius 2 is 2.10 bits per heavy atom. The van der Waals surface area contributed by atoms with Gasteiger partial charge in [-0.25, -0.2) is 0 Å². The van der Waals surface area contributed by atoms with Gasteiger partial charge in [-0.2, -0.15) is 13.2 Å². The van der Waals surface area contributed by atoms with E-state index >= 15 is 0 Å². The Hall–Kier alpha value is -1.43. The molecule has 0 atom stereocenters. The molecule has 1 aliphatic rings. The Morgan fingerprint density at radius 1 is 1.35 bits per heavy atom. The summed E-state index contributed by atoms with van der Waals surface area (Å²) in [5.74, 6) is -0.440. The molecule has 0 bridgehead atoms. The number of carbonyl (C=O) groups excluding carboxylic acids is 1. The monoisotopic (exact) mass is 308 g/mol. The fourth-order valence-corrected chi connectivity index (χ4v) is 2.14. The lowest BCUT2D eigenvalue weighted by Gasteiger charge is -2.20. The maximum absolute atomic E-state index is 12.0. The Balaban J connectivity index is 0.00000200. The number of nitrogens with one attached hydrogen (secondary N) is 2. The van der Waals surface area contributed by atoms with E-state index in [1.165, 1.54) is 0 Å². The van der Waals surface area contributed by atoms with Crippen LogP contribution in [0, 0.1) is 0 Å². The molecule has 112 valence electrons. The Labute approximate surface area is 121 Å². The predicted molar refractivity (Wildman–Crippen MR) is 73.5 cm³/mol. The molecule has 0 saturated heterocycles. The van der Waals surface area contributed by atoms with E-state index in [9.17, 15) is 18.0 Å². The summed E-state index contributed by atoms with van der Waals surface area (Å²) in [5, 5.41) is 5.50. The van der Waals surface area contributed by atoms with E-state index in [0.29, 0.717) is 5.56 Å². The van der Waals surface area contributed by atoms with Crippen molar-refractivity contribution in [1.29, 1.82) is 0 Å². The second-order valence-corrected chi connectivity index (χ2v) is 4.48. The van der Waals surface area contributed by atoms with Gasteiger partial charge < -0.3 is 10.6 Å². The smallest absolute Gasteiger partial charge is 0.385 e. The number of halogens is 4. The molecule has 1 aromatic rings. The van der Waals surface area contributed by atoms with Crippen molar-refractivity contribution < 1.29 is 18.0 Å². The van der Waals surface area contributed by atoms with Gasteiger partial charge in [-0.1, -0.05) is 6.07 Å². The van der Waals surface area contributed by atoms with E-state index in [0.717, 1.165) is 30.6 Å². The lowest BCUT2D eigenvalue weighted by Crippen LogP contribution is -2.29. The van der Waals surface area contributed by atoms with Crippen LogP contribution < -0.4 is 10.6 Å². The summed E-state index contributed by atoms with van der Waals surface area (Å²) in [6.45, 7) is 0.464. The van der Waals surface area contributed by atoms with Crippen LogP contribution in [-0.4, -0.2) is 25.2 Å². The number of carbonyl (C=O) groups is 1. The highest BCUT2D eigenvalue weighted by Crippen LogP contribution is 2.25. The molecule has 1 aliphatic heterocycles. The molecule has 0 fully saturated rings. The van der Waals surface area contributed by atoms with Crippen molar-refractivity contribution in [3.63, 3.8) is 0 Å². The van der Waals surface area contributed by atoms with Crippen LogP contribution in [-0.2, 0) is 6.42 Å². The topological polar surface area (TPSA) is 41.1 Å². The minimum absolute atomic E-state index is 0. The quantitative estimate of drug-likeness (QED) is 0.900. The number of rotatable bonds is 3. The maximum atomic E-state index is 12.0. The van der Waals surface area contributed by atoms with Gasteiger partial charge in [0.25, 0.3) is 5.91 Å². The molecule has 0 spiro atoms. The van der Waals surface area contributed by atoms with Gasteiger partial charge in [0.1, 0.15) is 0 Å². The van der Waals surface area contributed by atoms with Crippen molar-refractivity contribution in [2.45, 2.75) is 25.4 Å². The number of alkyl halides is 3. The van der Waals surface area contributed by atoms with Crippen LogP contribution in [0.5, 0.6) is 0 Å². The highest BCUT2D eigenvalue weighted by Gasteiger charge is 2.27. The normalized spacial score (nSPS) is 13.8. The standard InChI is InChI=1S/C13H15F3N2O.ClH/c14-13(15,16)6-8-18-12(19)10-3-1-5-11-9(10)4-2-7-17-11;/h1,3,5,17H,2,4,6-8H2,(H,18,19);1H. The fraction of sp³-hybridized carbons (Fsp3) is 0.462. The number of anilines is 1. The summed E-state index contributed by atoms with van der Waals surface area (Å²) in [6.07, 6.45) is -3.57. The molecule has 3 nitrogen and oxygen atoms in total. The summed E-state index contributed by atoms with van der Waals surface area (Å²) >= 11 is 0. The second kappa shape index (κ2) is 6.83. The minimum atomic E-state index is -4.25. The van der Waals surface area contributed by atoms with Crippen molar-refractivity contribution in [1.82, 2.24) is 5.32 Å². The van der Waals surface area contributed by atoms with Crippen LogP contribution in [0.1, 0.15) is 28.8 Å². The minimum Gasteiger partial charge on any atom is -0.385 e. The first-order valence-corrected chi connectivity index (χ1v) is 6.18. The molecular formula is C13H16ClF3N2O. The lowest BCUT2D eigenvalue weighted by molar-refractivity contribution is -0.132. The summed E-state index contributed by atoms with van der Waals surface area (Å²) < 4.78 is 36.1. The zero-order valence-electron chi connectivity index (χ0n) is 10.7. The van der Waals surface area contributed by atoms with Crippen molar-refractivity contribution in [3.05, 3.63) is 29.3 Å². The van der Waals surface area contributed by atoms with Gasteiger partial charge in [-0.05, 0) is 30.5 Å². The molecule has 0 radical (unpaired) electrons. The first-order chi connectivity index (χ1) is 8.97. The highest BCUT2D eigenvalue weighted by molar-refractivity contribution is 5.97. The van der Waals surface area contributed by atoms with Crippen LogP contribution in [0.4, 0.5) is 18.9 Å². The molecule has 0 unspecified atom stereocenters. The van der Waals surface area contributed by atoms with Gasteiger partial charge in [0.15, 0.2) is 0 Å². The van der Waals surface area contributed by atoms with Crippen molar-refractivity contribution in [3.8, 4) is 0 Å². The Bertz CT molecular complexity index is 477. The number of hydrogen-bond acceptors (Lipinski definition) is 2. The summed E-state index contributed by atoms with van der Waals surface area (Å²) in [5.41, 5.74) is 2.25. The van der Waals surface area contributed by atoms with Crippen LogP contribution in [0.25, 0.3) is 0 Å². The van der Waals surface area contributed by atoms with Gasteiger partial charge in [0.05, 0.1) is 6.42 Å². The largest absolute Gasteiger partial charge is 0.390 e. The van der Waals surface area contributed by atoms with E-state index in [4.69, 9.17) is 0 Å². The zero-order chi connectivity index (χ0) is 13.9. The first kappa shape index (κ1) is 16.6. The third-order valence-electron chi connectivity index (χ3n) is 3.03. The van der Waals surface area contributed by atoms with Gasteiger partial charge in [-0.15, -0.1) is 12.4 Å². The molecule has 2 N–H and O–H groups in total. The molecule has 7 heteroatoms. The van der Waals surface area contributed by atoms with Crippen molar-refractivity contribution in [2.24, 2.45) is 0 Å². The van der Waals surface area contributed by atoms with Crippen molar-refractivity contribution in [2.75, 3.05) is 18.4 Å². The molecule has 0 saturated carbocycles. The predicted octanol–water partition coefficient (Wildman–Crippen LogP) is 3.15. The molecule has 1 heterocycles. The van der Waals surface area contributed by atoms with Crippen LogP contribution in [0.15, 0.2) is 18.2 Å². The third kappa shape index (κ3) is 4.30. The summed E-state index contributed by atoms with van der Waals surface area (Å²) in [6, 6.07) is 5.26. The maximum Gasteiger partial charge on any atom is 0.390 e. The molecular weight excluding hydrogens is 293 g/mol. The fourth-order valence-electron chi connectivity index (χ4n) is 2.14. The average Bonchev–Trinajstić information content (AvgIpc) is 2.36. The summed E-state index contributed by atoms with van der Waals surface area (Å²) in [4.78, 5) is 11.9. The molecule has 0 aromatic heterocycles. The van der Waals surface area contributed by atoms with E-state index in [1.807, 2.05) is 6.07 Å². The molecule has 2 rings (SSSR count). The highest BCUT2D eigenvalue weighted by atomic mass is 35.5. The molecule has 1 aromatic carbocycles. The van der Waals surface area contributed by atoms with Gasteiger partial charge in [0, 0.05) is 24.3 Å². The van der Waals surface area contributed by atoms with Crippen LogP contribution >= 0.6 is 12.4 Å². The number of amides is 1. The van der Waals surface area contributed by atoms with Crippen molar-refractivity contribution >= 4 is 24.0 Å². The third-order valence-corrected chi connectivity index (χ3v) is 3.03. The number of fused-ring (bicyclic) bond motifs is 1. The van der Waals surface area contributed by atoms with Gasteiger partial charge in [0.2, 0.25) is 0 Å². The van der Waals surface area contributed by atoms with E-state index in [2.05, 4.69) is 10.6 Å². The summed E-state index contributed by atoms with van der Waals surface area (Å²) in [7, 11) is 0. The average molecular weight is 309 g/mol. The van der Waals surface area contributed by atoms with Gasteiger partial charge in [-0.3, -0.25) is 4.79 Å². The zero-order valence-corrected chi connectivity index (χ0v) is 11.5. The first-order valence-electron chi connectivity index (χ1n) is 6.18. The van der Waals surface area contributed by atoms with Crippen LogP contribution in [0.2, 0.25) is 0 Å². The lowest BCUT2D eigenvalue weighted by atomic mass is 9.97. The van der Waals surface area contributed by atoms with Gasteiger partial charge >= 0.3 is 6.18 Å². The second-order valence-electron chi connectivity index (χ2n) is 4.48. The Kier molecular flexibility index (Phi) is 5.68. The molecule has 1 amide bonds. The number of benzene rings is 1. The Morgan fingerprint density at radius 3 is 2.80 bits per heavy atom. The van der Waals surface area contributed by atoms with E-state index in [1.54, 1.807) is 12.1 Å². The van der Waals surface area contributed by atoms with E-state index in [-0.39, 0.29) is 19.0 Å². The molecule has 20 heavy (non-hydrogen) atoms. The van der Waals surface area contributed by atoms with E-state index < -0.39 is 18.5 Å².